The van der Waals surface area contributed by atoms with Gasteiger partial charge in [0.15, 0.2) is 5.69 Å². The lowest BCUT2D eigenvalue weighted by molar-refractivity contribution is -0.136. The minimum atomic E-state index is -4.76. The summed E-state index contributed by atoms with van der Waals surface area (Å²) in [6.45, 7) is 6.82. The summed E-state index contributed by atoms with van der Waals surface area (Å²) in [7, 11) is -3.90. The second kappa shape index (κ2) is 5.09. The molecule has 134 valence electrons. The number of halogens is 3. The third kappa shape index (κ3) is 2.26. The molecular weight excluding hydrogens is 361 g/mol. The molecule has 5 atom stereocenters. The number of hydrogen-bond donors (Lipinski definition) is 1. The van der Waals surface area contributed by atoms with E-state index in [0.717, 1.165) is 10.4 Å². The van der Waals surface area contributed by atoms with E-state index in [4.69, 9.17) is 11.3 Å². The monoisotopic (exact) mass is 374 g/mol. The Kier molecular flexibility index (Phi) is 3.39. The number of rotatable bonds is 1. The molecule has 0 radical (unpaired) electrons. The fourth-order valence-electron chi connectivity index (χ4n) is 4.10. The van der Waals surface area contributed by atoms with Gasteiger partial charge in [0, 0.05) is 24.6 Å². The summed E-state index contributed by atoms with van der Waals surface area (Å²) in [5.41, 5.74) is -1.86. The van der Waals surface area contributed by atoms with Crippen molar-refractivity contribution in [2.75, 3.05) is 10.8 Å². The number of fused-ring (bicyclic) bond motifs is 5. The van der Waals surface area contributed by atoms with Gasteiger partial charge in [0.2, 0.25) is 10.0 Å². The van der Waals surface area contributed by atoms with Crippen molar-refractivity contribution >= 4 is 21.4 Å². The van der Waals surface area contributed by atoms with Crippen molar-refractivity contribution in [2.45, 2.75) is 36.2 Å². The number of hydrogen-bond acceptors (Lipinski definition) is 4. The number of aliphatic hydroxyl groups excluding tert-OH is 1. The lowest BCUT2D eigenvalue weighted by atomic mass is 9.87. The van der Waals surface area contributed by atoms with Crippen molar-refractivity contribution in [3.63, 3.8) is 0 Å². The molecule has 2 bridgehead atoms. The summed E-state index contributed by atoms with van der Waals surface area (Å²) < 4.78 is 71.5. The fourth-order valence-corrected chi connectivity index (χ4v) is 6.42. The molecular formula is C15H13F3N2O4S. The average Bonchev–Trinajstić information content (AvgIpc) is 3.15. The summed E-state index contributed by atoms with van der Waals surface area (Å²) >= 11 is 0. The molecule has 0 aromatic heterocycles. The van der Waals surface area contributed by atoms with Crippen molar-refractivity contribution in [3.8, 4) is 0 Å². The number of benzene rings is 1. The van der Waals surface area contributed by atoms with Gasteiger partial charge in [-0.2, -0.15) is 13.2 Å². The van der Waals surface area contributed by atoms with E-state index in [1.807, 2.05) is 0 Å². The molecule has 0 amide bonds. The zero-order chi connectivity index (χ0) is 18.1. The van der Waals surface area contributed by atoms with Gasteiger partial charge in [0.25, 0.3) is 0 Å². The van der Waals surface area contributed by atoms with Crippen molar-refractivity contribution in [1.82, 2.24) is 0 Å². The van der Waals surface area contributed by atoms with E-state index in [0.29, 0.717) is 6.07 Å². The smallest absolute Gasteiger partial charge is 0.390 e. The zero-order valence-corrected chi connectivity index (χ0v) is 13.5. The Morgan fingerprint density at radius 3 is 2.72 bits per heavy atom. The van der Waals surface area contributed by atoms with Gasteiger partial charge >= 0.3 is 6.18 Å². The van der Waals surface area contributed by atoms with Crippen LogP contribution in [0.15, 0.2) is 18.2 Å². The maximum absolute atomic E-state index is 13.1. The summed E-state index contributed by atoms with van der Waals surface area (Å²) in [6, 6.07) is 2.89. The van der Waals surface area contributed by atoms with Crippen LogP contribution in [0.2, 0.25) is 0 Å². The third-order valence-corrected chi connectivity index (χ3v) is 7.43. The molecule has 3 heterocycles. The first-order valence-corrected chi connectivity index (χ1v) is 9.08. The molecule has 0 unspecified atom stereocenters. The Hall–Kier alpha value is -1.83. The first-order chi connectivity index (χ1) is 11.6. The van der Waals surface area contributed by atoms with Crippen LogP contribution in [0.1, 0.15) is 12.0 Å². The SMILES string of the molecule is [C-]#[N+]c1ccc(N2C[C@@H]3[C@H]4O[C@H](C[C@H]4O)[C@@H]3S2(=O)=O)cc1C(F)(F)F. The maximum atomic E-state index is 13.1. The van der Waals surface area contributed by atoms with Gasteiger partial charge < -0.3 is 9.84 Å². The number of aliphatic hydroxyl groups is 1. The van der Waals surface area contributed by atoms with Gasteiger partial charge in [-0.15, -0.1) is 0 Å². The van der Waals surface area contributed by atoms with Crippen molar-refractivity contribution in [1.29, 1.82) is 0 Å². The molecule has 1 aromatic rings. The van der Waals surface area contributed by atoms with E-state index >= 15 is 0 Å². The highest BCUT2D eigenvalue weighted by Crippen LogP contribution is 2.49. The highest BCUT2D eigenvalue weighted by Gasteiger charge is 2.64. The topological polar surface area (TPSA) is 71.2 Å². The molecule has 0 spiro atoms. The fraction of sp³-hybridized carbons (Fsp3) is 0.533. The molecule has 6 nitrogen and oxygen atoms in total. The minimum absolute atomic E-state index is 0.0418. The summed E-state index contributed by atoms with van der Waals surface area (Å²) in [5.74, 6) is -0.478. The lowest BCUT2D eigenvalue weighted by Gasteiger charge is -2.22. The van der Waals surface area contributed by atoms with Crippen LogP contribution >= 0.6 is 0 Å². The number of alkyl halides is 3. The summed E-state index contributed by atoms with van der Waals surface area (Å²) in [5, 5.41) is 9.04. The first-order valence-electron chi connectivity index (χ1n) is 7.58. The Bertz CT molecular complexity index is 880. The van der Waals surface area contributed by atoms with Crippen LogP contribution in [0, 0.1) is 12.5 Å². The van der Waals surface area contributed by atoms with Crippen LogP contribution in [-0.4, -0.2) is 43.6 Å². The molecule has 1 N–H and O–H groups in total. The first kappa shape index (κ1) is 16.6. The Balaban J connectivity index is 1.76. The maximum Gasteiger partial charge on any atom is 0.407 e. The van der Waals surface area contributed by atoms with Gasteiger partial charge in [-0.05, 0) is 12.1 Å². The van der Waals surface area contributed by atoms with Crippen LogP contribution in [0.3, 0.4) is 0 Å². The zero-order valence-electron chi connectivity index (χ0n) is 12.6. The highest BCUT2D eigenvalue weighted by molar-refractivity contribution is 7.93. The number of nitrogens with zero attached hydrogens (tertiary/aromatic N) is 2. The lowest BCUT2D eigenvalue weighted by Crippen LogP contribution is -2.40. The van der Waals surface area contributed by atoms with Crippen molar-refractivity contribution in [3.05, 3.63) is 35.2 Å². The molecule has 0 aliphatic carbocycles. The second-order valence-corrected chi connectivity index (χ2v) is 8.47. The Labute approximate surface area is 141 Å². The highest BCUT2D eigenvalue weighted by atomic mass is 32.2. The molecule has 1 aromatic carbocycles. The molecule has 3 aliphatic rings. The van der Waals surface area contributed by atoms with E-state index in [1.165, 1.54) is 6.07 Å². The van der Waals surface area contributed by atoms with E-state index in [1.54, 1.807) is 0 Å². The predicted molar refractivity (Wildman–Crippen MR) is 80.5 cm³/mol. The summed E-state index contributed by atoms with van der Waals surface area (Å²) in [4.78, 5) is 2.85. The van der Waals surface area contributed by atoms with Crippen molar-refractivity contribution in [2.24, 2.45) is 5.92 Å². The normalized spacial score (nSPS) is 35.6. The Morgan fingerprint density at radius 2 is 2.08 bits per heavy atom. The van der Waals surface area contributed by atoms with E-state index < -0.39 is 56.9 Å². The molecule has 10 heteroatoms. The molecule has 25 heavy (non-hydrogen) atoms. The van der Waals surface area contributed by atoms with Crippen LogP contribution in [0.25, 0.3) is 4.85 Å². The minimum Gasteiger partial charge on any atom is -0.390 e. The Morgan fingerprint density at radius 1 is 1.36 bits per heavy atom. The summed E-state index contributed by atoms with van der Waals surface area (Å²) in [6.07, 6.45) is -6.54. The van der Waals surface area contributed by atoms with Crippen molar-refractivity contribution < 1.29 is 31.4 Å². The number of anilines is 1. The van der Waals surface area contributed by atoms with E-state index in [9.17, 15) is 26.7 Å². The van der Waals surface area contributed by atoms with E-state index in [-0.39, 0.29) is 18.7 Å². The predicted octanol–water partition coefficient (Wildman–Crippen LogP) is 1.92. The second-order valence-electron chi connectivity index (χ2n) is 6.46. The van der Waals surface area contributed by atoms with Crippen LogP contribution < -0.4 is 4.31 Å². The van der Waals surface area contributed by atoms with Gasteiger partial charge in [0.1, 0.15) is 5.25 Å². The number of sulfonamides is 1. The molecule has 3 saturated heterocycles. The largest absolute Gasteiger partial charge is 0.407 e. The van der Waals surface area contributed by atoms with E-state index in [2.05, 4.69) is 4.85 Å². The van der Waals surface area contributed by atoms with Gasteiger partial charge in [-0.25, -0.2) is 13.3 Å². The number of ether oxygens (including phenoxy) is 1. The third-order valence-electron chi connectivity index (χ3n) is 5.12. The van der Waals surface area contributed by atoms with Crippen LogP contribution in [-0.2, 0) is 20.9 Å². The van der Waals surface area contributed by atoms with Gasteiger partial charge in [0.05, 0.1) is 30.4 Å². The van der Waals surface area contributed by atoms with Crippen LogP contribution in [0.4, 0.5) is 24.5 Å². The van der Waals surface area contributed by atoms with Crippen LogP contribution in [0.5, 0.6) is 0 Å². The molecule has 3 aliphatic heterocycles. The van der Waals surface area contributed by atoms with Gasteiger partial charge in [-0.3, -0.25) is 4.31 Å². The quantitative estimate of drug-likeness (QED) is 0.763. The molecule has 4 rings (SSSR count). The standard InChI is InChI=1S/C15H13F3N2O4S/c1-19-10-3-2-7(4-9(10)15(16,17)18)20-6-8-13-11(21)5-12(24-13)14(8)25(20,22)23/h2-4,8,11-14,21H,5-6H2/t8-,11-,12-,13-,14-/m1/s1. The van der Waals surface area contributed by atoms with Gasteiger partial charge in [-0.1, -0.05) is 6.07 Å². The molecule has 3 fully saturated rings. The average molecular weight is 374 g/mol. The molecule has 0 saturated carbocycles.